The van der Waals surface area contributed by atoms with Crippen LogP contribution in [0.2, 0.25) is 0 Å². The topological polar surface area (TPSA) is 15.3 Å². The van der Waals surface area contributed by atoms with E-state index in [0.29, 0.717) is 12.5 Å². The van der Waals surface area contributed by atoms with Gasteiger partial charge in [0.1, 0.15) is 0 Å². The maximum absolute atomic E-state index is 12.0. The highest BCUT2D eigenvalue weighted by atomic mass is 19.4. The van der Waals surface area contributed by atoms with Crippen LogP contribution in [0.5, 0.6) is 0 Å². The quantitative estimate of drug-likeness (QED) is 0.774. The van der Waals surface area contributed by atoms with Gasteiger partial charge in [-0.15, -0.1) is 0 Å². The number of unbranched alkanes of at least 4 members (excludes halogenated alkanes) is 1. The maximum atomic E-state index is 12.0. The Bertz CT molecular complexity index is 238. The first kappa shape index (κ1) is 14.8. The summed E-state index contributed by atoms with van der Waals surface area (Å²) in [5.74, 6) is 0. The number of alkyl halides is 3. The van der Waals surface area contributed by atoms with Crippen LogP contribution in [0.25, 0.3) is 0 Å². The number of nitrogens with zero attached hydrogens (tertiary/aromatic N) is 1. The smallest absolute Gasteiger partial charge is 0.309 e. The summed E-state index contributed by atoms with van der Waals surface area (Å²) in [6.07, 6.45) is -3.80. The van der Waals surface area contributed by atoms with Crippen molar-refractivity contribution in [1.82, 2.24) is 10.2 Å². The lowest BCUT2D eigenvalue weighted by Gasteiger charge is -2.43. The SMILES string of the molecule is CC1CNC(C)(C)CN1CCCCC(F)(F)F. The van der Waals surface area contributed by atoms with Crippen LogP contribution in [0, 0.1) is 0 Å². The third kappa shape index (κ3) is 5.73. The van der Waals surface area contributed by atoms with Crippen molar-refractivity contribution >= 4 is 0 Å². The van der Waals surface area contributed by atoms with E-state index in [0.717, 1.165) is 19.6 Å². The Morgan fingerprint density at radius 3 is 2.53 bits per heavy atom. The molecule has 0 aliphatic carbocycles. The number of hydrogen-bond acceptors (Lipinski definition) is 2. The Morgan fingerprint density at radius 2 is 1.94 bits per heavy atom. The summed E-state index contributed by atoms with van der Waals surface area (Å²) in [6, 6.07) is 0.411. The fourth-order valence-electron chi connectivity index (χ4n) is 2.21. The Labute approximate surface area is 102 Å². The lowest BCUT2D eigenvalue weighted by atomic mass is 9.99. The standard InChI is InChI=1S/C12H23F3N2/c1-10-8-16-11(2,3)9-17(10)7-5-4-6-12(13,14)15/h10,16H,4-9H2,1-3H3. The molecule has 1 heterocycles. The zero-order valence-electron chi connectivity index (χ0n) is 10.9. The number of halogens is 3. The van der Waals surface area contributed by atoms with Crippen molar-refractivity contribution < 1.29 is 13.2 Å². The summed E-state index contributed by atoms with van der Waals surface area (Å²) in [7, 11) is 0. The van der Waals surface area contributed by atoms with E-state index < -0.39 is 12.6 Å². The lowest BCUT2D eigenvalue weighted by molar-refractivity contribution is -0.135. The molecule has 1 aliphatic heterocycles. The molecule has 102 valence electrons. The molecule has 0 amide bonds. The zero-order chi connectivity index (χ0) is 13.1. The highest BCUT2D eigenvalue weighted by molar-refractivity contribution is 4.90. The van der Waals surface area contributed by atoms with Gasteiger partial charge < -0.3 is 5.32 Å². The van der Waals surface area contributed by atoms with Crippen molar-refractivity contribution in [1.29, 1.82) is 0 Å². The van der Waals surface area contributed by atoms with Crippen LogP contribution in [-0.4, -0.2) is 42.3 Å². The monoisotopic (exact) mass is 252 g/mol. The van der Waals surface area contributed by atoms with Gasteiger partial charge >= 0.3 is 6.18 Å². The third-order valence-corrected chi connectivity index (χ3v) is 3.25. The molecule has 0 spiro atoms. The van der Waals surface area contributed by atoms with E-state index in [1.807, 2.05) is 0 Å². The number of nitrogens with one attached hydrogen (secondary N) is 1. The molecular formula is C12H23F3N2. The van der Waals surface area contributed by atoms with Crippen LogP contribution < -0.4 is 5.32 Å². The zero-order valence-corrected chi connectivity index (χ0v) is 10.9. The van der Waals surface area contributed by atoms with Crippen molar-refractivity contribution in [2.45, 2.75) is 57.8 Å². The summed E-state index contributed by atoms with van der Waals surface area (Å²) in [5, 5.41) is 3.43. The Kier molecular flexibility index (Phi) is 4.84. The summed E-state index contributed by atoms with van der Waals surface area (Å²) in [4.78, 5) is 2.28. The number of hydrogen-bond donors (Lipinski definition) is 1. The van der Waals surface area contributed by atoms with Crippen LogP contribution in [0.3, 0.4) is 0 Å². The predicted octanol–water partition coefficient (Wildman–Crippen LogP) is 2.79. The molecule has 0 radical (unpaired) electrons. The summed E-state index contributed by atoms with van der Waals surface area (Å²) in [6.45, 7) is 8.95. The normalized spacial score (nSPS) is 26.1. The average Bonchev–Trinajstić information content (AvgIpc) is 2.16. The van der Waals surface area contributed by atoms with Crippen molar-refractivity contribution in [3.05, 3.63) is 0 Å². The van der Waals surface area contributed by atoms with Gasteiger partial charge in [0.2, 0.25) is 0 Å². The Hall–Kier alpha value is -0.290. The van der Waals surface area contributed by atoms with E-state index >= 15 is 0 Å². The van der Waals surface area contributed by atoms with E-state index in [4.69, 9.17) is 0 Å². The Morgan fingerprint density at radius 1 is 1.29 bits per heavy atom. The first-order valence-electron chi connectivity index (χ1n) is 6.25. The van der Waals surface area contributed by atoms with E-state index in [-0.39, 0.29) is 12.0 Å². The van der Waals surface area contributed by atoms with Gasteiger partial charge in [0, 0.05) is 31.1 Å². The van der Waals surface area contributed by atoms with Crippen LogP contribution in [0.15, 0.2) is 0 Å². The lowest BCUT2D eigenvalue weighted by Crippen LogP contribution is -2.60. The molecule has 1 saturated heterocycles. The molecule has 0 aromatic carbocycles. The highest BCUT2D eigenvalue weighted by Gasteiger charge is 2.30. The van der Waals surface area contributed by atoms with E-state index in [1.54, 1.807) is 0 Å². The van der Waals surface area contributed by atoms with Crippen LogP contribution in [-0.2, 0) is 0 Å². The molecule has 1 unspecified atom stereocenters. The second-order valence-corrected chi connectivity index (χ2v) is 5.66. The number of piperazine rings is 1. The van der Waals surface area contributed by atoms with Gasteiger partial charge in [-0.05, 0) is 40.2 Å². The second kappa shape index (κ2) is 5.57. The van der Waals surface area contributed by atoms with E-state index in [1.165, 1.54) is 0 Å². The molecule has 1 atom stereocenters. The molecular weight excluding hydrogens is 229 g/mol. The summed E-state index contributed by atoms with van der Waals surface area (Å²) in [5.41, 5.74) is 0.0660. The molecule has 1 aliphatic rings. The molecule has 2 nitrogen and oxygen atoms in total. The van der Waals surface area contributed by atoms with Crippen LogP contribution >= 0.6 is 0 Å². The largest absolute Gasteiger partial charge is 0.389 e. The van der Waals surface area contributed by atoms with Crippen LogP contribution in [0.4, 0.5) is 13.2 Å². The number of rotatable bonds is 4. The predicted molar refractivity (Wildman–Crippen MR) is 63.0 cm³/mol. The van der Waals surface area contributed by atoms with Crippen LogP contribution in [0.1, 0.15) is 40.0 Å². The second-order valence-electron chi connectivity index (χ2n) is 5.66. The molecule has 0 aromatic rings. The highest BCUT2D eigenvalue weighted by Crippen LogP contribution is 2.23. The average molecular weight is 252 g/mol. The maximum Gasteiger partial charge on any atom is 0.389 e. The van der Waals surface area contributed by atoms with Gasteiger partial charge in [0.05, 0.1) is 0 Å². The molecule has 0 saturated carbocycles. The first-order chi connectivity index (χ1) is 7.70. The minimum atomic E-state index is -4.01. The van der Waals surface area contributed by atoms with Crippen molar-refractivity contribution in [3.63, 3.8) is 0 Å². The minimum absolute atomic E-state index is 0.0660. The van der Waals surface area contributed by atoms with Crippen molar-refractivity contribution in [2.24, 2.45) is 0 Å². The van der Waals surface area contributed by atoms with Gasteiger partial charge in [-0.2, -0.15) is 13.2 Å². The molecule has 1 rings (SSSR count). The summed E-state index contributed by atoms with van der Waals surface area (Å²) < 4.78 is 36.0. The van der Waals surface area contributed by atoms with Crippen molar-refractivity contribution in [2.75, 3.05) is 19.6 Å². The molecule has 1 N–H and O–H groups in total. The van der Waals surface area contributed by atoms with E-state index in [2.05, 4.69) is 31.0 Å². The minimum Gasteiger partial charge on any atom is -0.309 e. The van der Waals surface area contributed by atoms with E-state index in [9.17, 15) is 13.2 Å². The van der Waals surface area contributed by atoms with Gasteiger partial charge in [0.25, 0.3) is 0 Å². The fraction of sp³-hybridized carbons (Fsp3) is 1.00. The van der Waals surface area contributed by atoms with Gasteiger partial charge in [-0.25, -0.2) is 0 Å². The van der Waals surface area contributed by atoms with Gasteiger partial charge in [-0.1, -0.05) is 0 Å². The van der Waals surface area contributed by atoms with Gasteiger partial charge in [-0.3, -0.25) is 4.90 Å². The molecule has 1 fully saturated rings. The fourth-order valence-corrected chi connectivity index (χ4v) is 2.21. The first-order valence-corrected chi connectivity index (χ1v) is 6.25. The third-order valence-electron chi connectivity index (χ3n) is 3.25. The Balaban J connectivity index is 2.26. The summed E-state index contributed by atoms with van der Waals surface area (Å²) >= 11 is 0. The molecule has 17 heavy (non-hydrogen) atoms. The molecule has 0 bridgehead atoms. The molecule has 5 heteroatoms. The van der Waals surface area contributed by atoms with Gasteiger partial charge in [0.15, 0.2) is 0 Å². The molecule has 0 aromatic heterocycles. The van der Waals surface area contributed by atoms with Crippen molar-refractivity contribution in [3.8, 4) is 0 Å².